The average Bonchev–Trinajstić information content (AvgIpc) is 3.22. The molecule has 3 aromatic rings. The third kappa shape index (κ3) is 3.29. The monoisotopic (exact) mass is 373 g/mol. The Balaban J connectivity index is 0.000000250. The molecule has 0 bridgehead atoms. The molecule has 0 fully saturated rings. The first-order chi connectivity index (χ1) is 13.0. The predicted octanol–water partition coefficient (Wildman–Crippen LogP) is 4.71. The number of pyridine rings is 1. The maximum Gasteiger partial charge on any atom is 0.157 e. The van der Waals surface area contributed by atoms with E-state index in [0.717, 1.165) is 27.6 Å². The van der Waals surface area contributed by atoms with Crippen molar-refractivity contribution in [1.29, 1.82) is 0 Å². The Morgan fingerprint density at radius 3 is 2.56 bits per heavy atom. The van der Waals surface area contributed by atoms with Crippen molar-refractivity contribution >= 4 is 22.8 Å². The minimum Gasteiger partial charge on any atom is -0.365 e. The normalized spacial score (nSPS) is 11.5. The number of nitrogens with zero attached hydrogens (tertiary/aromatic N) is 4. The van der Waals surface area contributed by atoms with Gasteiger partial charge in [0.05, 0.1) is 16.8 Å². The van der Waals surface area contributed by atoms with Gasteiger partial charge in [-0.05, 0) is 44.4 Å². The number of fused-ring (bicyclic) bond motifs is 2. The molecule has 0 saturated heterocycles. The second kappa shape index (κ2) is 6.53. The van der Waals surface area contributed by atoms with Gasteiger partial charge in [-0.3, -0.25) is 14.4 Å². The summed E-state index contributed by atoms with van der Waals surface area (Å²) >= 11 is 1.60. The molecule has 0 spiro atoms. The molecule has 1 aliphatic heterocycles. The molecule has 0 atom stereocenters. The lowest BCUT2D eigenvalue weighted by molar-refractivity contribution is 0.629. The number of anilines is 1. The molecule has 0 radical (unpaired) electrons. The summed E-state index contributed by atoms with van der Waals surface area (Å²) in [6, 6.07) is 6.01. The largest absolute Gasteiger partial charge is 0.365 e. The summed E-state index contributed by atoms with van der Waals surface area (Å²) in [6.45, 7) is 6.36. The van der Waals surface area contributed by atoms with Crippen LogP contribution >= 0.6 is 11.3 Å². The van der Waals surface area contributed by atoms with Gasteiger partial charge in [0, 0.05) is 35.3 Å². The molecule has 2 aliphatic rings. The zero-order chi connectivity index (χ0) is 19.0. The van der Waals surface area contributed by atoms with Crippen LogP contribution in [0.4, 0.5) is 5.82 Å². The van der Waals surface area contributed by atoms with Gasteiger partial charge in [0.25, 0.3) is 0 Å². The highest BCUT2D eigenvalue weighted by molar-refractivity contribution is 7.13. The Morgan fingerprint density at radius 2 is 2.00 bits per heavy atom. The molecular formula is C21H19N5S. The predicted molar refractivity (Wildman–Crippen MR) is 111 cm³/mol. The summed E-state index contributed by atoms with van der Waals surface area (Å²) in [7, 11) is 0. The Hall–Kier alpha value is -3.17. The number of thiophene rings is 1. The fourth-order valence-corrected chi connectivity index (χ4v) is 3.55. The number of imidazole rings is 1. The summed E-state index contributed by atoms with van der Waals surface area (Å²) in [5.74, 6) is 3.67. The molecule has 1 N–H and O–H groups in total. The van der Waals surface area contributed by atoms with Gasteiger partial charge in [-0.2, -0.15) is 0 Å². The van der Waals surface area contributed by atoms with Gasteiger partial charge < -0.3 is 5.32 Å². The number of hydrogen-bond donors (Lipinski definition) is 1. The highest BCUT2D eigenvalue weighted by Gasteiger charge is 2.21. The Kier molecular flexibility index (Phi) is 4.17. The third-order valence-corrected chi connectivity index (χ3v) is 4.94. The van der Waals surface area contributed by atoms with Crippen molar-refractivity contribution in [2.24, 2.45) is 0 Å². The molecule has 134 valence electrons. The average molecular weight is 373 g/mol. The van der Waals surface area contributed by atoms with Crippen molar-refractivity contribution in [1.82, 2.24) is 19.4 Å². The van der Waals surface area contributed by atoms with Crippen LogP contribution in [0.2, 0.25) is 0 Å². The third-order valence-electron chi connectivity index (χ3n) is 4.02. The van der Waals surface area contributed by atoms with Gasteiger partial charge in [-0.25, -0.2) is 4.98 Å². The maximum absolute atomic E-state index is 5.59. The lowest BCUT2D eigenvalue weighted by Crippen LogP contribution is -2.27. The minimum absolute atomic E-state index is 0.0818. The van der Waals surface area contributed by atoms with Crippen molar-refractivity contribution in [3.8, 4) is 34.2 Å². The van der Waals surface area contributed by atoms with Gasteiger partial charge in [0.2, 0.25) is 0 Å². The van der Waals surface area contributed by atoms with Crippen LogP contribution in [0.15, 0.2) is 48.4 Å². The van der Waals surface area contributed by atoms with Crippen LogP contribution in [0.1, 0.15) is 26.3 Å². The molecule has 5 nitrogen and oxygen atoms in total. The molecule has 3 aromatic heterocycles. The molecule has 5 rings (SSSR count). The van der Waals surface area contributed by atoms with E-state index in [2.05, 4.69) is 48.0 Å². The number of rotatable bonds is 2. The van der Waals surface area contributed by atoms with E-state index in [0.29, 0.717) is 0 Å². The highest BCUT2D eigenvalue weighted by Crippen LogP contribution is 2.35. The Morgan fingerprint density at radius 1 is 1.19 bits per heavy atom. The van der Waals surface area contributed by atoms with Crippen LogP contribution < -0.4 is 5.32 Å². The van der Waals surface area contributed by atoms with Gasteiger partial charge in [0.15, 0.2) is 5.65 Å². The molecular weight excluding hydrogens is 354 g/mol. The van der Waals surface area contributed by atoms with E-state index in [1.807, 2.05) is 34.3 Å². The second-order valence-electron chi connectivity index (χ2n) is 7.23. The number of nitrogens with one attached hydrogen (secondary N) is 1. The van der Waals surface area contributed by atoms with Crippen molar-refractivity contribution in [3.05, 3.63) is 53.9 Å². The Bertz CT molecular complexity index is 1120. The fourth-order valence-electron chi connectivity index (χ4n) is 2.70. The van der Waals surface area contributed by atoms with Crippen LogP contribution in [0.3, 0.4) is 0 Å². The van der Waals surface area contributed by atoms with E-state index in [9.17, 15) is 0 Å². The number of aromatic nitrogens is 4. The lowest BCUT2D eigenvalue weighted by atomic mass is 10.1. The quantitative estimate of drug-likeness (QED) is 0.455. The number of terminal acetylenes is 1. The molecule has 1 aliphatic carbocycles. The summed E-state index contributed by atoms with van der Waals surface area (Å²) in [5, 5.41) is 5.52. The summed E-state index contributed by atoms with van der Waals surface area (Å²) < 4.78 is 2.01. The minimum atomic E-state index is -0.0818. The van der Waals surface area contributed by atoms with Gasteiger partial charge in [0.1, 0.15) is 11.5 Å². The standard InChI is InChI=1S/C16H16N4S.C5H3N/c1-5-11-6-9-21-14(11)13-15(19-16(2,3)4)20-8-7-17-10-12(20)18-13;1-2-5-4(1)3-6-5/h1,6-10,19H,2-4H3;1-3H. The van der Waals surface area contributed by atoms with Crippen molar-refractivity contribution < 1.29 is 0 Å². The summed E-state index contributed by atoms with van der Waals surface area (Å²) in [6.07, 6.45) is 12.9. The van der Waals surface area contributed by atoms with E-state index in [1.54, 1.807) is 23.7 Å². The van der Waals surface area contributed by atoms with Crippen LogP contribution in [0, 0.1) is 12.3 Å². The van der Waals surface area contributed by atoms with Crippen LogP contribution in [0.5, 0.6) is 0 Å². The molecule has 0 unspecified atom stereocenters. The van der Waals surface area contributed by atoms with Gasteiger partial charge >= 0.3 is 0 Å². The van der Waals surface area contributed by atoms with E-state index >= 15 is 0 Å². The summed E-state index contributed by atoms with van der Waals surface area (Å²) in [5.41, 5.74) is 4.96. The topological polar surface area (TPSA) is 55.1 Å². The van der Waals surface area contributed by atoms with Crippen molar-refractivity contribution in [2.45, 2.75) is 26.3 Å². The first kappa shape index (κ1) is 17.3. The SMILES string of the molecule is C#Cc1ccsc1-c1nc2cnccn2c1NC(C)(C)C.c1cc2ncc1-2. The van der Waals surface area contributed by atoms with E-state index in [4.69, 9.17) is 11.4 Å². The fraction of sp³-hybridized carbons (Fsp3) is 0.190. The lowest BCUT2D eigenvalue weighted by Gasteiger charge is -2.22. The molecule has 0 amide bonds. The first-order valence-corrected chi connectivity index (χ1v) is 9.45. The van der Waals surface area contributed by atoms with E-state index in [-0.39, 0.29) is 5.54 Å². The zero-order valence-electron chi connectivity index (χ0n) is 15.4. The van der Waals surface area contributed by atoms with Crippen LogP contribution in [-0.2, 0) is 0 Å². The van der Waals surface area contributed by atoms with Crippen molar-refractivity contribution in [3.63, 3.8) is 0 Å². The molecule has 0 saturated carbocycles. The first-order valence-electron chi connectivity index (χ1n) is 8.57. The highest BCUT2D eigenvalue weighted by atomic mass is 32.1. The van der Waals surface area contributed by atoms with Crippen LogP contribution in [-0.4, -0.2) is 24.9 Å². The second-order valence-corrected chi connectivity index (χ2v) is 8.14. The molecule has 0 aromatic carbocycles. The Labute approximate surface area is 162 Å². The summed E-state index contributed by atoms with van der Waals surface area (Å²) in [4.78, 5) is 13.8. The molecule has 27 heavy (non-hydrogen) atoms. The molecule has 6 heteroatoms. The number of hydrogen-bond acceptors (Lipinski definition) is 5. The zero-order valence-corrected chi connectivity index (χ0v) is 16.2. The van der Waals surface area contributed by atoms with Gasteiger partial charge in [-0.1, -0.05) is 5.92 Å². The smallest absolute Gasteiger partial charge is 0.157 e. The van der Waals surface area contributed by atoms with Crippen molar-refractivity contribution in [2.75, 3.05) is 5.32 Å². The van der Waals surface area contributed by atoms with E-state index < -0.39 is 0 Å². The van der Waals surface area contributed by atoms with E-state index in [1.165, 1.54) is 11.3 Å². The molecule has 4 heterocycles. The van der Waals surface area contributed by atoms with Crippen LogP contribution in [0.25, 0.3) is 27.5 Å². The van der Waals surface area contributed by atoms with Gasteiger partial charge in [-0.15, -0.1) is 17.8 Å². The maximum atomic E-state index is 5.59.